The van der Waals surface area contributed by atoms with Crippen molar-refractivity contribution in [1.82, 2.24) is 25.8 Å². The minimum Gasteiger partial charge on any atom is -0.361 e. The van der Waals surface area contributed by atoms with E-state index in [9.17, 15) is 0 Å². The minimum absolute atomic E-state index is 0. The minimum atomic E-state index is 0. The predicted molar refractivity (Wildman–Crippen MR) is 135 cm³/mol. The molecule has 9 heteroatoms. The van der Waals surface area contributed by atoms with Gasteiger partial charge in [-0.1, -0.05) is 35.0 Å². The molecule has 0 saturated heterocycles. The Balaban J connectivity index is 0.00000272. The molecule has 7 nitrogen and oxygen atoms in total. The highest BCUT2D eigenvalue weighted by Crippen LogP contribution is 2.21. The molecular weight excluding hydrogens is 527 g/mol. The summed E-state index contributed by atoms with van der Waals surface area (Å²) in [7, 11) is 1.73. The molecule has 4 aromatic rings. The first-order chi connectivity index (χ1) is 14.6. The molecule has 0 spiro atoms. The number of H-pyrrole nitrogens is 1. The van der Waals surface area contributed by atoms with Gasteiger partial charge in [-0.25, -0.2) is 0 Å². The summed E-state index contributed by atoms with van der Waals surface area (Å²) >= 11 is 5.92. The van der Waals surface area contributed by atoms with Gasteiger partial charge in [0.1, 0.15) is 0 Å². The van der Waals surface area contributed by atoms with Gasteiger partial charge >= 0.3 is 0 Å². The molecule has 2 aromatic heterocycles. The number of aromatic nitrogens is 3. The van der Waals surface area contributed by atoms with E-state index in [1.54, 1.807) is 19.2 Å². The number of hydrogen-bond donors (Lipinski definition) is 3. The van der Waals surface area contributed by atoms with Crippen LogP contribution in [0.1, 0.15) is 17.0 Å². The fourth-order valence-corrected chi connectivity index (χ4v) is 3.44. The van der Waals surface area contributed by atoms with Crippen LogP contribution in [0.2, 0.25) is 5.02 Å². The maximum Gasteiger partial charge on any atom is 0.246 e. The van der Waals surface area contributed by atoms with Crippen molar-refractivity contribution < 1.29 is 4.52 Å². The Bertz CT molecular complexity index is 1170. The summed E-state index contributed by atoms with van der Waals surface area (Å²) in [5, 5.41) is 12.5. The Morgan fingerprint density at radius 3 is 2.74 bits per heavy atom. The zero-order valence-electron chi connectivity index (χ0n) is 17.3. The lowest BCUT2D eigenvalue weighted by Gasteiger charge is -2.10. The molecule has 0 aliphatic heterocycles. The van der Waals surface area contributed by atoms with Gasteiger partial charge in [0, 0.05) is 41.3 Å². The molecule has 2 aromatic carbocycles. The summed E-state index contributed by atoms with van der Waals surface area (Å²) in [6.07, 6.45) is 2.96. The molecule has 4 rings (SSSR count). The van der Waals surface area contributed by atoms with Crippen molar-refractivity contribution in [2.75, 3.05) is 13.6 Å². The van der Waals surface area contributed by atoms with E-state index in [1.165, 1.54) is 22.0 Å². The number of fused-ring (bicyclic) bond motifs is 1. The molecule has 0 bridgehead atoms. The van der Waals surface area contributed by atoms with E-state index >= 15 is 0 Å². The lowest BCUT2D eigenvalue weighted by atomic mass is 10.1. The zero-order chi connectivity index (χ0) is 20.9. The molecular formula is C22H24ClIN6O. The van der Waals surface area contributed by atoms with E-state index in [-0.39, 0.29) is 24.0 Å². The van der Waals surface area contributed by atoms with Crippen molar-refractivity contribution in [1.29, 1.82) is 0 Å². The Morgan fingerprint density at radius 2 is 1.97 bits per heavy atom. The maximum atomic E-state index is 5.92. The second-order valence-electron chi connectivity index (χ2n) is 6.93. The second kappa shape index (κ2) is 10.6. The SMILES string of the molecule is CN=C(NCCc1c[nH]c2c(C)cccc12)NCc1nc(-c2ccc(Cl)cc2)no1.I. The van der Waals surface area contributed by atoms with Crippen molar-refractivity contribution >= 4 is 52.4 Å². The molecule has 0 aliphatic carbocycles. The normalized spacial score (nSPS) is 11.4. The van der Waals surface area contributed by atoms with E-state index in [4.69, 9.17) is 16.1 Å². The molecule has 0 fully saturated rings. The number of aliphatic imine (C=N–C) groups is 1. The fourth-order valence-electron chi connectivity index (χ4n) is 3.31. The predicted octanol–water partition coefficient (Wildman–Crippen LogP) is 4.71. The lowest BCUT2D eigenvalue weighted by molar-refractivity contribution is 0.375. The maximum absolute atomic E-state index is 5.92. The molecule has 0 aliphatic rings. The number of guanidine groups is 1. The van der Waals surface area contributed by atoms with Crippen LogP contribution >= 0.6 is 35.6 Å². The van der Waals surface area contributed by atoms with Gasteiger partial charge in [0.15, 0.2) is 5.96 Å². The fraction of sp³-hybridized carbons (Fsp3) is 0.227. The van der Waals surface area contributed by atoms with Gasteiger partial charge < -0.3 is 20.1 Å². The summed E-state index contributed by atoms with van der Waals surface area (Å²) in [5.74, 6) is 1.69. The smallest absolute Gasteiger partial charge is 0.246 e. The van der Waals surface area contributed by atoms with Crippen molar-refractivity contribution in [3.05, 3.63) is 70.7 Å². The molecule has 162 valence electrons. The number of aromatic amines is 1. The number of aryl methyl sites for hydroxylation is 1. The average Bonchev–Trinajstić information content (AvgIpc) is 3.39. The summed E-state index contributed by atoms with van der Waals surface area (Å²) < 4.78 is 5.32. The van der Waals surface area contributed by atoms with Gasteiger partial charge in [0.25, 0.3) is 0 Å². The number of rotatable bonds is 6. The van der Waals surface area contributed by atoms with Crippen LogP contribution in [0, 0.1) is 6.92 Å². The van der Waals surface area contributed by atoms with Crippen molar-refractivity contribution in [2.45, 2.75) is 19.9 Å². The highest BCUT2D eigenvalue weighted by Gasteiger charge is 2.10. The van der Waals surface area contributed by atoms with E-state index in [2.05, 4.69) is 62.1 Å². The summed E-state index contributed by atoms with van der Waals surface area (Å²) in [6, 6.07) is 13.7. The van der Waals surface area contributed by atoms with Crippen LogP contribution in [0.3, 0.4) is 0 Å². The monoisotopic (exact) mass is 550 g/mol. The van der Waals surface area contributed by atoms with Crippen LogP contribution < -0.4 is 10.6 Å². The first kappa shape index (κ1) is 23.1. The van der Waals surface area contributed by atoms with Crippen LogP contribution in [-0.4, -0.2) is 34.7 Å². The van der Waals surface area contributed by atoms with Crippen LogP contribution in [0.15, 0.2) is 58.2 Å². The summed E-state index contributed by atoms with van der Waals surface area (Å²) in [6.45, 7) is 3.25. The Labute approximate surface area is 202 Å². The third kappa shape index (κ3) is 5.56. The van der Waals surface area contributed by atoms with Crippen molar-refractivity contribution in [3.8, 4) is 11.4 Å². The van der Waals surface area contributed by atoms with Gasteiger partial charge in [-0.05, 0) is 48.7 Å². The number of nitrogens with one attached hydrogen (secondary N) is 3. The topological polar surface area (TPSA) is 91.1 Å². The van der Waals surface area contributed by atoms with Gasteiger partial charge in [0.05, 0.1) is 6.54 Å². The van der Waals surface area contributed by atoms with E-state index < -0.39 is 0 Å². The quantitative estimate of drug-likeness (QED) is 0.184. The van der Waals surface area contributed by atoms with Gasteiger partial charge in [-0.15, -0.1) is 24.0 Å². The second-order valence-corrected chi connectivity index (χ2v) is 7.37. The van der Waals surface area contributed by atoms with Crippen molar-refractivity contribution in [3.63, 3.8) is 0 Å². The van der Waals surface area contributed by atoms with Crippen LogP contribution in [-0.2, 0) is 13.0 Å². The van der Waals surface area contributed by atoms with E-state index in [1.807, 2.05) is 12.1 Å². The lowest BCUT2D eigenvalue weighted by Crippen LogP contribution is -2.37. The number of benzene rings is 2. The summed E-state index contributed by atoms with van der Waals surface area (Å²) in [4.78, 5) is 12.0. The number of halogens is 2. The molecule has 0 radical (unpaired) electrons. The Morgan fingerprint density at radius 1 is 1.16 bits per heavy atom. The Hall–Kier alpha value is -2.59. The standard InChI is InChI=1S/C22H23ClN6O.HI/c1-14-4-3-5-18-16(12-26-20(14)18)10-11-25-22(24-2)27-13-19-28-21(29-30-19)15-6-8-17(23)9-7-15;/h3-9,12,26H,10-11,13H2,1-2H3,(H2,24,25,27);1H. The molecule has 0 atom stereocenters. The van der Waals surface area contributed by atoms with E-state index in [0.717, 1.165) is 18.5 Å². The van der Waals surface area contributed by atoms with Crippen LogP contribution in [0.4, 0.5) is 0 Å². The molecule has 31 heavy (non-hydrogen) atoms. The molecule has 0 unspecified atom stereocenters. The molecule has 3 N–H and O–H groups in total. The van der Waals surface area contributed by atoms with Gasteiger partial charge in [-0.3, -0.25) is 4.99 Å². The first-order valence-electron chi connectivity index (χ1n) is 9.72. The van der Waals surface area contributed by atoms with Gasteiger partial charge in [0.2, 0.25) is 11.7 Å². The largest absolute Gasteiger partial charge is 0.361 e. The van der Waals surface area contributed by atoms with Gasteiger partial charge in [-0.2, -0.15) is 4.98 Å². The third-order valence-corrected chi connectivity index (χ3v) is 5.15. The Kier molecular flexibility index (Phi) is 7.91. The third-order valence-electron chi connectivity index (χ3n) is 4.90. The number of hydrogen-bond acceptors (Lipinski definition) is 4. The van der Waals surface area contributed by atoms with E-state index in [0.29, 0.717) is 29.2 Å². The summed E-state index contributed by atoms with van der Waals surface area (Å²) in [5.41, 5.74) is 4.58. The molecule has 0 amide bonds. The highest BCUT2D eigenvalue weighted by molar-refractivity contribution is 14.0. The molecule has 0 saturated carbocycles. The van der Waals surface area contributed by atoms with Crippen LogP contribution in [0.25, 0.3) is 22.3 Å². The zero-order valence-corrected chi connectivity index (χ0v) is 20.4. The molecule has 2 heterocycles. The average molecular weight is 551 g/mol. The first-order valence-corrected chi connectivity index (χ1v) is 10.1. The van der Waals surface area contributed by atoms with Crippen molar-refractivity contribution in [2.24, 2.45) is 4.99 Å². The number of nitrogens with zero attached hydrogens (tertiary/aromatic N) is 3. The number of para-hydroxylation sites is 1. The highest BCUT2D eigenvalue weighted by atomic mass is 127. The van der Waals surface area contributed by atoms with Crippen LogP contribution in [0.5, 0.6) is 0 Å².